The fraction of sp³-hybridized carbons (Fsp3) is 0. The maximum absolute atomic E-state index is 10.9. The molecule has 0 atom stereocenters. The molecule has 92 valence electrons. The molecule has 2 rings (SSSR count). The Morgan fingerprint density at radius 2 is 2.39 bits per heavy atom. The third kappa shape index (κ3) is 1.93. The molecule has 0 aromatic carbocycles. The third-order valence-electron chi connectivity index (χ3n) is 2.08. The van der Waals surface area contributed by atoms with Crippen molar-refractivity contribution in [3.8, 4) is 5.82 Å². The van der Waals surface area contributed by atoms with Gasteiger partial charge in [0.05, 0.1) is 4.92 Å². The van der Waals surface area contributed by atoms with Crippen LogP contribution in [0.3, 0.4) is 0 Å². The number of nitrogens with two attached hydrogens (primary N) is 1. The van der Waals surface area contributed by atoms with Crippen molar-refractivity contribution >= 4 is 11.5 Å². The van der Waals surface area contributed by atoms with E-state index in [0.29, 0.717) is 0 Å². The molecule has 0 saturated heterocycles. The molecule has 2 aromatic rings. The first-order valence-corrected chi connectivity index (χ1v) is 4.61. The summed E-state index contributed by atoms with van der Waals surface area (Å²) in [6.07, 6.45) is 3.74. The summed E-state index contributed by atoms with van der Waals surface area (Å²) in [6.45, 7) is 0. The van der Waals surface area contributed by atoms with E-state index in [1.165, 1.54) is 18.9 Å². The quantitative estimate of drug-likeness (QED) is 0.249. The summed E-state index contributed by atoms with van der Waals surface area (Å²) in [7, 11) is 0. The molecule has 0 aliphatic rings. The maximum Gasteiger partial charge on any atom is 0.314 e. The molecule has 10 nitrogen and oxygen atoms in total. The summed E-state index contributed by atoms with van der Waals surface area (Å²) in [5, 5.41) is 26.0. The van der Waals surface area contributed by atoms with Crippen LogP contribution in [0, 0.1) is 10.1 Å². The third-order valence-corrected chi connectivity index (χ3v) is 2.08. The first-order chi connectivity index (χ1) is 8.63. The second kappa shape index (κ2) is 4.45. The van der Waals surface area contributed by atoms with E-state index in [2.05, 4.69) is 20.2 Å². The van der Waals surface area contributed by atoms with Gasteiger partial charge in [0.1, 0.15) is 12.7 Å². The SMILES string of the molecule is NC(=NO)c1cnc(-n2cncn2)c([N+](=O)[O-])c1. The van der Waals surface area contributed by atoms with Crippen molar-refractivity contribution in [1.82, 2.24) is 19.7 Å². The van der Waals surface area contributed by atoms with Crippen LogP contribution < -0.4 is 5.73 Å². The van der Waals surface area contributed by atoms with E-state index in [9.17, 15) is 10.1 Å². The number of nitro groups is 1. The predicted octanol–water partition coefficient (Wildman–Crippen LogP) is -0.335. The number of aromatic nitrogens is 4. The van der Waals surface area contributed by atoms with Crippen LogP contribution in [0.2, 0.25) is 0 Å². The van der Waals surface area contributed by atoms with Gasteiger partial charge in [-0.25, -0.2) is 9.97 Å². The molecule has 18 heavy (non-hydrogen) atoms. The van der Waals surface area contributed by atoms with E-state index in [1.807, 2.05) is 0 Å². The summed E-state index contributed by atoms with van der Waals surface area (Å²) in [4.78, 5) is 17.8. The Bertz CT molecular complexity index is 607. The van der Waals surface area contributed by atoms with Gasteiger partial charge in [-0.2, -0.15) is 9.78 Å². The van der Waals surface area contributed by atoms with Gasteiger partial charge in [-0.05, 0) is 0 Å². The highest BCUT2D eigenvalue weighted by Crippen LogP contribution is 2.20. The molecule has 0 amide bonds. The molecule has 10 heteroatoms. The van der Waals surface area contributed by atoms with Crippen LogP contribution in [0.15, 0.2) is 30.1 Å². The van der Waals surface area contributed by atoms with E-state index in [4.69, 9.17) is 10.9 Å². The van der Waals surface area contributed by atoms with Gasteiger partial charge in [0, 0.05) is 17.8 Å². The summed E-state index contributed by atoms with van der Waals surface area (Å²) in [5.41, 5.74) is 5.14. The van der Waals surface area contributed by atoms with Gasteiger partial charge in [0.2, 0.25) is 5.82 Å². The average molecular weight is 249 g/mol. The molecule has 0 fully saturated rings. The fourth-order valence-electron chi connectivity index (χ4n) is 1.27. The van der Waals surface area contributed by atoms with Crippen LogP contribution in [-0.2, 0) is 0 Å². The molecule has 0 spiro atoms. The highest BCUT2D eigenvalue weighted by Gasteiger charge is 2.19. The van der Waals surface area contributed by atoms with Crippen molar-refractivity contribution in [3.63, 3.8) is 0 Å². The number of hydrogen-bond donors (Lipinski definition) is 2. The lowest BCUT2D eigenvalue weighted by atomic mass is 10.2. The normalized spacial score (nSPS) is 11.4. The molecule has 0 radical (unpaired) electrons. The van der Waals surface area contributed by atoms with Crippen molar-refractivity contribution in [2.75, 3.05) is 0 Å². The van der Waals surface area contributed by atoms with Crippen molar-refractivity contribution in [2.24, 2.45) is 10.9 Å². The van der Waals surface area contributed by atoms with Gasteiger partial charge in [-0.1, -0.05) is 5.16 Å². The molecule has 0 aliphatic carbocycles. The molecule has 3 N–H and O–H groups in total. The van der Waals surface area contributed by atoms with Gasteiger partial charge in [-0.3, -0.25) is 10.1 Å². The van der Waals surface area contributed by atoms with Gasteiger partial charge < -0.3 is 10.9 Å². The highest BCUT2D eigenvalue weighted by molar-refractivity contribution is 5.97. The minimum atomic E-state index is -0.641. The molecule has 2 aromatic heterocycles. The Hall–Kier alpha value is -3.04. The average Bonchev–Trinajstić information content (AvgIpc) is 2.90. The van der Waals surface area contributed by atoms with Crippen LogP contribution in [0.1, 0.15) is 5.56 Å². The molecule has 0 bridgehead atoms. The Morgan fingerprint density at radius 3 is 2.94 bits per heavy atom. The van der Waals surface area contributed by atoms with Crippen LogP contribution in [0.25, 0.3) is 5.82 Å². The summed E-state index contributed by atoms with van der Waals surface area (Å²) in [5.74, 6) is -0.275. The van der Waals surface area contributed by atoms with E-state index in [1.54, 1.807) is 0 Å². The van der Waals surface area contributed by atoms with Crippen molar-refractivity contribution in [1.29, 1.82) is 0 Å². The monoisotopic (exact) mass is 249 g/mol. The minimum absolute atomic E-state index is 0.00742. The van der Waals surface area contributed by atoms with Crippen LogP contribution in [0.5, 0.6) is 0 Å². The summed E-state index contributed by atoms with van der Waals surface area (Å²) < 4.78 is 1.15. The Morgan fingerprint density at radius 1 is 1.61 bits per heavy atom. The summed E-state index contributed by atoms with van der Waals surface area (Å²) in [6, 6.07) is 1.14. The zero-order chi connectivity index (χ0) is 13.1. The van der Waals surface area contributed by atoms with Gasteiger partial charge in [0.25, 0.3) is 0 Å². The number of nitrogens with zero attached hydrogens (tertiary/aromatic N) is 6. The topological polar surface area (TPSA) is 145 Å². The lowest BCUT2D eigenvalue weighted by Gasteiger charge is -2.03. The smallest absolute Gasteiger partial charge is 0.314 e. The lowest BCUT2D eigenvalue weighted by molar-refractivity contribution is -0.384. The lowest BCUT2D eigenvalue weighted by Crippen LogP contribution is -2.15. The van der Waals surface area contributed by atoms with Crippen LogP contribution >= 0.6 is 0 Å². The van der Waals surface area contributed by atoms with Crippen LogP contribution in [-0.4, -0.2) is 35.7 Å². The zero-order valence-electron chi connectivity index (χ0n) is 8.83. The molecule has 0 aliphatic heterocycles. The minimum Gasteiger partial charge on any atom is -0.409 e. The molecule has 0 unspecified atom stereocenters. The van der Waals surface area contributed by atoms with Gasteiger partial charge >= 0.3 is 5.69 Å². The van der Waals surface area contributed by atoms with Crippen LogP contribution in [0.4, 0.5) is 5.69 Å². The van der Waals surface area contributed by atoms with Gasteiger partial charge in [-0.15, -0.1) is 0 Å². The molecule has 0 saturated carbocycles. The van der Waals surface area contributed by atoms with Gasteiger partial charge in [0.15, 0.2) is 5.84 Å². The fourth-order valence-corrected chi connectivity index (χ4v) is 1.27. The summed E-state index contributed by atoms with van der Waals surface area (Å²) >= 11 is 0. The second-order valence-electron chi connectivity index (χ2n) is 3.15. The Kier molecular flexibility index (Phi) is 2.83. The number of amidine groups is 1. The number of rotatable bonds is 3. The Labute approximate surface area is 99.5 Å². The second-order valence-corrected chi connectivity index (χ2v) is 3.15. The molecular formula is C8H7N7O3. The predicted molar refractivity (Wildman–Crippen MR) is 58.3 cm³/mol. The van der Waals surface area contributed by atoms with Crippen molar-refractivity contribution < 1.29 is 10.1 Å². The molecular weight excluding hydrogens is 242 g/mol. The maximum atomic E-state index is 10.9. The number of oxime groups is 1. The van der Waals surface area contributed by atoms with Crippen molar-refractivity contribution in [3.05, 3.63) is 40.6 Å². The zero-order valence-corrected chi connectivity index (χ0v) is 8.83. The van der Waals surface area contributed by atoms with E-state index < -0.39 is 4.92 Å². The first-order valence-electron chi connectivity index (χ1n) is 4.61. The van der Waals surface area contributed by atoms with Crippen molar-refractivity contribution in [2.45, 2.75) is 0 Å². The van der Waals surface area contributed by atoms with E-state index in [-0.39, 0.29) is 22.9 Å². The standard InChI is InChI=1S/C8H7N7O3/c9-7(13-16)5-1-6(15(17)18)8(11-2-5)14-4-10-3-12-14/h1-4,16H,(H2,9,13). The number of hydrogen-bond acceptors (Lipinski definition) is 7. The first kappa shape index (κ1) is 11.4. The molecule has 2 heterocycles. The van der Waals surface area contributed by atoms with E-state index in [0.717, 1.165) is 10.7 Å². The Balaban J connectivity index is 2.59. The highest BCUT2D eigenvalue weighted by atomic mass is 16.6. The number of pyridine rings is 1. The largest absolute Gasteiger partial charge is 0.409 e. The van der Waals surface area contributed by atoms with E-state index >= 15 is 0 Å².